The predicted octanol–water partition coefficient (Wildman–Crippen LogP) is 4.09. The number of aryl methyl sites for hydroxylation is 1. The number of nitrogens with one attached hydrogen (secondary N) is 1. The van der Waals surface area contributed by atoms with Crippen LogP contribution in [0, 0.1) is 6.92 Å². The second kappa shape index (κ2) is 9.36. The van der Waals surface area contributed by atoms with Gasteiger partial charge in [0.2, 0.25) is 0 Å². The van der Waals surface area contributed by atoms with Crippen LogP contribution in [0.3, 0.4) is 0 Å². The largest absolute Gasteiger partial charge is 0.480 e. The number of benzene rings is 2. The monoisotopic (exact) mass is 432 g/mol. The van der Waals surface area contributed by atoms with Crippen molar-refractivity contribution in [1.29, 1.82) is 0 Å². The van der Waals surface area contributed by atoms with E-state index in [4.69, 9.17) is 0 Å². The van der Waals surface area contributed by atoms with E-state index >= 15 is 0 Å². The fourth-order valence-corrected chi connectivity index (χ4v) is 4.32. The summed E-state index contributed by atoms with van der Waals surface area (Å²) in [6.07, 6.45) is 2.55. The van der Waals surface area contributed by atoms with Crippen molar-refractivity contribution in [3.05, 3.63) is 71.5 Å². The number of carbonyl (C=O) groups excluding carboxylic acids is 1. The number of carboxylic acid groups (broad SMARTS) is 1. The maximum Gasteiger partial charge on any atom is 0.320 e. The number of hydrogen-bond acceptors (Lipinski definition) is 4. The summed E-state index contributed by atoms with van der Waals surface area (Å²) in [6, 6.07) is 17.2. The van der Waals surface area contributed by atoms with Crippen molar-refractivity contribution in [3.8, 4) is 11.1 Å². The van der Waals surface area contributed by atoms with Crippen LogP contribution >= 0.6 is 0 Å². The van der Waals surface area contributed by atoms with E-state index in [0.717, 1.165) is 47.5 Å². The van der Waals surface area contributed by atoms with Gasteiger partial charge < -0.3 is 10.4 Å². The summed E-state index contributed by atoms with van der Waals surface area (Å²) in [5.74, 6) is -1.08. The summed E-state index contributed by atoms with van der Waals surface area (Å²) in [6.45, 7) is 3.18. The number of anilines is 1. The van der Waals surface area contributed by atoms with E-state index in [0.29, 0.717) is 18.7 Å². The Morgan fingerprint density at radius 2 is 1.91 bits per heavy atom. The predicted molar refractivity (Wildman–Crippen MR) is 123 cm³/mol. The third-order valence-corrected chi connectivity index (χ3v) is 6.14. The first-order chi connectivity index (χ1) is 15.4. The molecule has 1 atom stereocenters. The van der Waals surface area contributed by atoms with Crippen LogP contribution in [0.5, 0.6) is 0 Å². The van der Waals surface area contributed by atoms with E-state index in [9.17, 15) is 14.7 Å². The molecular formula is C25H28N4O3. The van der Waals surface area contributed by atoms with Crippen LogP contribution in [-0.2, 0) is 18.4 Å². The van der Waals surface area contributed by atoms with Crippen LogP contribution in [0.1, 0.15) is 41.0 Å². The summed E-state index contributed by atoms with van der Waals surface area (Å²) in [4.78, 5) is 26.5. The third-order valence-electron chi connectivity index (χ3n) is 6.14. The van der Waals surface area contributed by atoms with Gasteiger partial charge in [0.25, 0.3) is 5.91 Å². The summed E-state index contributed by atoms with van der Waals surface area (Å²) in [7, 11) is 1.78. The molecule has 32 heavy (non-hydrogen) atoms. The van der Waals surface area contributed by atoms with Gasteiger partial charge in [0, 0.05) is 19.3 Å². The van der Waals surface area contributed by atoms with Gasteiger partial charge in [-0.1, -0.05) is 48.9 Å². The molecular weight excluding hydrogens is 404 g/mol. The van der Waals surface area contributed by atoms with Gasteiger partial charge in [0.05, 0.1) is 5.69 Å². The Balaban J connectivity index is 1.51. The fourth-order valence-electron chi connectivity index (χ4n) is 4.32. The topological polar surface area (TPSA) is 87.5 Å². The van der Waals surface area contributed by atoms with Gasteiger partial charge in [-0.25, -0.2) is 0 Å². The number of amides is 1. The number of piperidine rings is 1. The first-order valence-electron chi connectivity index (χ1n) is 10.9. The molecule has 1 amide bonds. The normalized spacial score (nSPS) is 16.6. The second-order valence-corrected chi connectivity index (χ2v) is 8.26. The molecule has 1 fully saturated rings. The zero-order valence-electron chi connectivity index (χ0n) is 18.4. The van der Waals surface area contributed by atoms with Crippen molar-refractivity contribution < 1.29 is 14.7 Å². The molecule has 0 bridgehead atoms. The van der Waals surface area contributed by atoms with Gasteiger partial charge in [-0.3, -0.25) is 19.2 Å². The zero-order chi connectivity index (χ0) is 22.7. The minimum absolute atomic E-state index is 0.284. The number of aromatic nitrogens is 2. The SMILES string of the molecule is Cc1c(NC(=O)c2cc(CN3CCCCC3C(=O)O)n(C)n2)cccc1-c1ccccc1. The van der Waals surface area contributed by atoms with E-state index in [1.165, 1.54) is 0 Å². The first-order valence-corrected chi connectivity index (χ1v) is 10.9. The molecule has 3 aromatic rings. The molecule has 2 heterocycles. The lowest BCUT2D eigenvalue weighted by atomic mass is 9.99. The molecule has 7 nitrogen and oxygen atoms in total. The summed E-state index contributed by atoms with van der Waals surface area (Å²) < 4.78 is 1.66. The molecule has 0 saturated carbocycles. The smallest absolute Gasteiger partial charge is 0.320 e. The van der Waals surface area contributed by atoms with Crippen molar-refractivity contribution >= 4 is 17.6 Å². The third kappa shape index (κ3) is 4.57. The molecule has 0 radical (unpaired) electrons. The van der Waals surface area contributed by atoms with Crippen molar-refractivity contribution in [3.63, 3.8) is 0 Å². The molecule has 2 N–H and O–H groups in total. The average Bonchev–Trinajstić information content (AvgIpc) is 3.16. The van der Waals surface area contributed by atoms with E-state index in [2.05, 4.69) is 10.4 Å². The second-order valence-electron chi connectivity index (χ2n) is 8.26. The van der Waals surface area contributed by atoms with Crippen LogP contribution in [-0.4, -0.2) is 44.3 Å². The Morgan fingerprint density at radius 3 is 2.66 bits per heavy atom. The number of likely N-dealkylation sites (tertiary alicyclic amines) is 1. The summed E-state index contributed by atoms with van der Waals surface area (Å²) in [5.41, 5.74) is 5.02. The molecule has 7 heteroatoms. The van der Waals surface area contributed by atoms with Gasteiger partial charge in [-0.05, 0) is 55.1 Å². The highest BCUT2D eigenvalue weighted by Crippen LogP contribution is 2.28. The Hall–Kier alpha value is -3.45. The van der Waals surface area contributed by atoms with Crippen LogP contribution in [0.25, 0.3) is 11.1 Å². The zero-order valence-corrected chi connectivity index (χ0v) is 18.4. The maximum atomic E-state index is 12.9. The van der Waals surface area contributed by atoms with Crippen molar-refractivity contribution in [2.24, 2.45) is 7.05 Å². The molecule has 1 saturated heterocycles. The number of aliphatic carboxylic acids is 1. The Morgan fingerprint density at radius 1 is 1.12 bits per heavy atom. The molecule has 2 aromatic carbocycles. The van der Waals surface area contributed by atoms with E-state index in [1.807, 2.05) is 60.4 Å². The maximum absolute atomic E-state index is 12.9. The number of nitrogens with zero attached hydrogens (tertiary/aromatic N) is 3. The number of rotatable bonds is 6. The Labute approximate surface area is 187 Å². The van der Waals surface area contributed by atoms with Crippen molar-refractivity contribution in [1.82, 2.24) is 14.7 Å². The highest BCUT2D eigenvalue weighted by Gasteiger charge is 2.29. The van der Waals surface area contributed by atoms with Crippen LogP contribution < -0.4 is 5.32 Å². The summed E-state index contributed by atoms with van der Waals surface area (Å²) >= 11 is 0. The number of hydrogen-bond donors (Lipinski definition) is 2. The fraction of sp³-hybridized carbons (Fsp3) is 0.320. The molecule has 0 aliphatic carbocycles. The van der Waals surface area contributed by atoms with E-state index in [-0.39, 0.29) is 5.91 Å². The molecule has 1 unspecified atom stereocenters. The molecule has 1 aromatic heterocycles. The Bertz CT molecular complexity index is 1120. The summed E-state index contributed by atoms with van der Waals surface area (Å²) in [5, 5.41) is 16.9. The molecule has 166 valence electrons. The number of carbonyl (C=O) groups is 2. The lowest BCUT2D eigenvalue weighted by molar-refractivity contribution is -0.144. The van der Waals surface area contributed by atoms with Crippen LogP contribution in [0.15, 0.2) is 54.6 Å². The minimum Gasteiger partial charge on any atom is -0.480 e. The Kier molecular flexibility index (Phi) is 6.37. The molecule has 0 spiro atoms. The molecule has 4 rings (SSSR count). The van der Waals surface area contributed by atoms with Crippen LogP contribution in [0.4, 0.5) is 5.69 Å². The standard InChI is InChI=1S/C25H28N4O3/c1-17-20(18-9-4-3-5-10-18)11-8-12-21(17)26-24(30)22-15-19(28(2)27-22)16-29-14-7-6-13-23(29)25(31)32/h3-5,8-12,15,23H,6-7,13-14,16H2,1-2H3,(H,26,30)(H,31,32). The number of carboxylic acids is 1. The van der Waals surface area contributed by atoms with Gasteiger partial charge in [0.1, 0.15) is 6.04 Å². The lowest BCUT2D eigenvalue weighted by Crippen LogP contribution is -2.44. The van der Waals surface area contributed by atoms with E-state index in [1.54, 1.807) is 17.8 Å². The van der Waals surface area contributed by atoms with E-state index < -0.39 is 12.0 Å². The molecule has 1 aliphatic rings. The minimum atomic E-state index is -0.793. The quantitative estimate of drug-likeness (QED) is 0.613. The highest BCUT2D eigenvalue weighted by atomic mass is 16.4. The van der Waals surface area contributed by atoms with Crippen molar-refractivity contribution in [2.45, 2.75) is 38.8 Å². The first kappa shape index (κ1) is 21.8. The average molecular weight is 433 g/mol. The van der Waals surface area contributed by atoms with Crippen LogP contribution in [0.2, 0.25) is 0 Å². The van der Waals surface area contributed by atoms with Gasteiger partial charge >= 0.3 is 5.97 Å². The highest BCUT2D eigenvalue weighted by molar-refractivity contribution is 6.03. The van der Waals surface area contributed by atoms with Crippen molar-refractivity contribution in [2.75, 3.05) is 11.9 Å². The lowest BCUT2D eigenvalue weighted by Gasteiger charge is -2.32. The van der Waals surface area contributed by atoms with Gasteiger partial charge in [-0.15, -0.1) is 0 Å². The van der Waals surface area contributed by atoms with Gasteiger partial charge in [0.15, 0.2) is 5.69 Å². The molecule has 1 aliphatic heterocycles. The van der Waals surface area contributed by atoms with Gasteiger partial charge in [-0.2, -0.15) is 5.10 Å².